The summed E-state index contributed by atoms with van der Waals surface area (Å²) in [7, 11) is 0. The second-order valence-corrected chi connectivity index (χ2v) is 5.31. The van der Waals surface area contributed by atoms with Crippen LogP contribution in [-0.4, -0.2) is 21.8 Å². The van der Waals surface area contributed by atoms with Gasteiger partial charge in [-0.25, -0.2) is 4.98 Å². The third kappa shape index (κ3) is 3.01. The van der Waals surface area contributed by atoms with Crippen LogP contribution in [0, 0.1) is 0 Å². The van der Waals surface area contributed by atoms with Crippen molar-refractivity contribution in [2.24, 2.45) is 0 Å². The van der Waals surface area contributed by atoms with Gasteiger partial charge in [0.1, 0.15) is 5.65 Å². The van der Waals surface area contributed by atoms with Crippen molar-refractivity contribution < 1.29 is 4.79 Å². The topological polar surface area (TPSA) is 46.4 Å². The molecule has 0 aliphatic heterocycles. The fourth-order valence-electron chi connectivity index (χ4n) is 2.49. The van der Waals surface area contributed by atoms with E-state index in [0.717, 1.165) is 29.7 Å². The number of carbonyl (C=O) groups excluding carboxylic acids is 1. The molecule has 0 aliphatic rings. The smallest absolute Gasteiger partial charge is 0.251 e. The van der Waals surface area contributed by atoms with Gasteiger partial charge in [0.2, 0.25) is 0 Å². The Bertz CT molecular complexity index is 792. The molecule has 3 aromatic rings. The first kappa shape index (κ1) is 14.3. The van der Waals surface area contributed by atoms with Crippen molar-refractivity contribution in [3.8, 4) is 0 Å². The Kier molecular flexibility index (Phi) is 4.19. The molecule has 0 saturated heterocycles. The quantitative estimate of drug-likeness (QED) is 0.786. The fourth-order valence-corrected chi connectivity index (χ4v) is 2.49. The lowest BCUT2D eigenvalue weighted by molar-refractivity contribution is 0.0953. The number of hydrogen-bond acceptors (Lipinski definition) is 2. The van der Waals surface area contributed by atoms with Crippen LogP contribution >= 0.6 is 0 Å². The van der Waals surface area contributed by atoms with Gasteiger partial charge < -0.3 is 9.72 Å². The highest BCUT2D eigenvalue weighted by Gasteiger charge is 2.07. The molecule has 0 bridgehead atoms. The largest absolute Gasteiger partial charge is 0.352 e. The zero-order valence-electron chi connectivity index (χ0n) is 12.6. The number of nitrogens with zero attached hydrogens (tertiary/aromatic N) is 2. The minimum Gasteiger partial charge on any atom is -0.352 e. The number of nitrogens with one attached hydrogen (secondary N) is 1. The molecule has 1 aromatic carbocycles. The number of imidazole rings is 1. The molecule has 0 radical (unpaired) electrons. The van der Waals surface area contributed by atoms with E-state index in [-0.39, 0.29) is 5.91 Å². The number of rotatable bonds is 5. The first-order chi connectivity index (χ1) is 10.8. The Balaban J connectivity index is 1.82. The van der Waals surface area contributed by atoms with E-state index in [9.17, 15) is 4.79 Å². The lowest BCUT2D eigenvalue weighted by Gasteiger charge is -2.06. The molecular formula is C18H19N3O. The number of benzene rings is 1. The van der Waals surface area contributed by atoms with Crippen LogP contribution in [0.3, 0.4) is 0 Å². The number of amides is 1. The summed E-state index contributed by atoms with van der Waals surface area (Å²) in [6, 6.07) is 13.7. The van der Waals surface area contributed by atoms with Crippen LogP contribution in [-0.2, 0) is 6.42 Å². The predicted octanol–water partition coefficient (Wildman–Crippen LogP) is 3.06. The van der Waals surface area contributed by atoms with Gasteiger partial charge in [0.15, 0.2) is 0 Å². The summed E-state index contributed by atoms with van der Waals surface area (Å²) >= 11 is 0. The molecule has 0 aliphatic carbocycles. The zero-order valence-corrected chi connectivity index (χ0v) is 12.6. The fraction of sp³-hybridized carbons (Fsp3) is 0.222. The van der Waals surface area contributed by atoms with E-state index in [2.05, 4.69) is 14.7 Å². The van der Waals surface area contributed by atoms with Crippen LogP contribution in [0.1, 0.15) is 35.0 Å². The van der Waals surface area contributed by atoms with Gasteiger partial charge in [-0.3, -0.25) is 4.79 Å². The van der Waals surface area contributed by atoms with Crippen molar-refractivity contribution in [2.45, 2.75) is 19.8 Å². The van der Waals surface area contributed by atoms with E-state index in [1.165, 1.54) is 0 Å². The predicted molar refractivity (Wildman–Crippen MR) is 87.1 cm³/mol. The molecule has 0 spiro atoms. The van der Waals surface area contributed by atoms with Crippen molar-refractivity contribution in [3.63, 3.8) is 0 Å². The molecule has 0 saturated carbocycles. The monoisotopic (exact) mass is 293 g/mol. The van der Waals surface area contributed by atoms with Gasteiger partial charge in [-0.2, -0.15) is 0 Å². The molecule has 22 heavy (non-hydrogen) atoms. The third-order valence-corrected chi connectivity index (χ3v) is 3.60. The molecule has 0 fully saturated rings. The minimum absolute atomic E-state index is 0.0122. The summed E-state index contributed by atoms with van der Waals surface area (Å²) in [4.78, 5) is 16.4. The molecule has 0 unspecified atom stereocenters. The number of hydrogen-bond donors (Lipinski definition) is 1. The molecule has 1 N–H and O–H groups in total. The normalized spacial score (nSPS) is 10.8. The van der Waals surface area contributed by atoms with E-state index >= 15 is 0 Å². The van der Waals surface area contributed by atoms with Gasteiger partial charge in [0.25, 0.3) is 5.91 Å². The maximum Gasteiger partial charge on any atom is 0.251 e. The zero-order chi connectivity index (χ0) is 15.4. The molecule has 3 rings (SSSR count). The van der Waals surface area contributed by atoms with E-state index in [4.69, 9.17) is 0 Å². The Hall–Kier alpha value is -2.62. The maximum absolute atomic E-state index is 12.0. The summed E-state index contributed by atoms with van der Waals surface area (Å²) in [6.45, 7) is 2.75. The van der Waals surface area contributed by atoms with E-state index in [1.807, 2.05) is 61.8 Å². The van der Waals surface area contributed by atoms with E-state index < -0.39 is 0 Å². The van der Waals surface area contributed by atoms with Gasteiger partial charge >= 0.3 is 0 Å². The molecule has 112 valence electrons. The van der Waals surface area contributed by atoms with Crippen molar-refractivity contribution in [1.29, 1.82) is 0 Å². The van der Waals surface area contributed by atoms with Crippen LogP contribution in [0.2, 0.25) is 0 Å². The summed E-state index contributed by atoms with van der Waals surface area (Å²) in [5.41, 5.74) is 3.87. The lowest BCUT2D eigenvalue weighted by atomic mass is 10.1. The Morgan fingerprint density at radius 1 is 1.23 bits per heavy atom. The summed E-state index contributed by atoms with van der Waals surface area (Å²) in [5.74, 6) is -0.0122. The average Bonchev–Trinajstić information content (AvgIpc) is 2.96. The minimum atomic E-state index is -0.0122. The first-order valence-electron chi connectivity index (χ1n) is 7.56. The highest BCUT2D eigenvalue weighted by atomic mass is 16.1. The SMILES string of the molecule is CCCNC(=O)c1cccc(Cc2cnc3ccccn23)c1. The third-order valence-electron chi connectivity index (χ3n) is 3.60. The van der Waals surface area contributed by atoms with Gasteiger partial charge in [-0.05, 0) is 36.2 Å². The highest BCUT2D eigenvalue weighted by molar-refractivity contribution is 5.94. The van der Waals surface area contributed by atoms with Gasteiger partial charge in [-0.1, -0.05) is 25.1 Å². The highest BCUT2D eigenvalue weighted by Crippen LogP contribution is 2.13. The lowest BCUT2D eigenvalue weighted by Crippen LogP contribution is -2.23. The Morgan fingerprint density at radius 3 is 3.00 bits per heavy atom. The van der Waals surface area contributed by atoms with Crippen molar-refractivity contribution in [1.82, 2.24) is 14.7 Å². The number of aromatic nitrogens is 2. The average molecular weight is 293 g/mol. The van der Waals surface area contributed by atoms with Gasteiger partial charge in [-0.15, -0.1) is 0 Å². The Morgan fingerprint density at radius 2 is 2.14 bits per heavy atom. The van der Waals surface area contributed by atoms with Crippen molar-refractivity contribution in [2.75, 3.05) is 6.54 Å². The van der Waals surface area contributed by atoms with E-state index in [0.29, 0.717) is 12.1 Å². The van der Waals surface area contributed by atoms with Crippen LogP contribution in [0.25, 0.3) is 5.65 Å². The standard InChI is InChI=1S/C18H19N3O/c1-2-9-19-18(22)15-7-5-6-14(11-15)12-16-13-20-17-8-3-4-10-21(16)17/h3-8,10-11,13H,2,9,12H2,1H3,(H,19,22). The van der Waals surface area contributed by atoms with Crippen LogP contribution in [0.5, 0.6) is 0 Å². The summed E-state index contributed by atoms with van der Waals surface area (Å²) in [5, 5.41) is 2.91. The summed E-state index contributed by atoms with van der Waals surface area (Å²) < 4.78 is 2.07. The number of fused-ring (bicyclic) bond motifs is 1. The molecule has 2 heterocycles. The van der Waals surface area contributed by atoms with Crippen LogP contribution in [0.15, 0.2) is 54.9 Å². The van der Waals surface area contributed by atoms with Crippen LogP contribution < -0.4 is 5.32 Å². The van der Waals surface area contributed by atoms with Gasteiger partial charge in [0, 0.05) is 36.6 Å². The second kappa shape index (κ2) is 6.43. The molecule has 1 amide bonds. The number of carbonyl (C=O) groups is 1. The van der Waals surface area contributed by atoms with Crippen molar-refractivity contribution in [3.05, 3.63) is 71.7 Å². The number of pyridine rings is 1. The first-order valence-corrected chi connectivity index (χ1v) is 7.56. The molecular weight excluding hydrogens is 274 g/mol. The van der Waals surface area contributed by atoms with Crippen LogP contribution in [0.4, 0.5) is 0 Å². The Labute approximate surface area is 129 Å². The molecule has 4 nitrogen and oxygen atoms in total. The van der Waals surface area contributed by atoms with Crippen molar-refractivity contribution >= 4 is 11.6 Å². The molecule has 2 aromatic heterocycles. The van der Waals surface area contributed by atoms with Gasteiger partial charge in [0.05, 0.1) is 0 Å². The van der Waals surface area contributed by atoms with E-state index in [1.54, 1.807) is 0 Å². The second-order valence-electron chi connectivity index (χ2n) is 5.31. The molecule has 4 heteroatoms. The summed E-state index contributed by atoms with van der Waals surface area (Å²) in [6.07, 6.45) is 5.59. The molecule has 0 atom stereocenters. The maximum atomic E-state index is 12.0.